The molecule has 7 nitrogen and oxygen atoms in total. The van der Waals surface area contributed by atoms with Crippen molar-refractivity contribution in [3.05, 3.63) is 129 Å². The number of nitrogens with one attached hydrogen (secondary N) is 1. The Balaban J connectivity index is 1.51. The van der Waals surface area contributed by atoms with E-state index in [-0.39, 0.29) is 17.5 Å². The number of hydrogen-bond donors (Lipinski definition) is 1. The van der Waals surface area contributed by atoms with Crippen molar-refractivity contribution in [3.8, 4) is 11.5 Å². The van der Waals surface area contributed by atoms with Gasteiger partial charge in [-0.3, -0.25) is 14.4 Å². The van der Waals surface area contributed by atoms with Gasteiger partial charge in [-0.25, -0.2) is 0 Å². The lowest BCUT2D eigenvalue weighted by atomic mass is 9.62. The molecule has 0 aliphatic carbocycles. The Morgan fingerprint density at radius 1 is 0.860 bits per heavy atom. The maximum Gasteiger partial charge on any atom is 0.238 e. The molecule has 3 aliphatic rings. The Labute approximate surface area is 257 Å². The van der Waals surface area contributed by atoms with Gasteiger partial charge in [0, 0.05) is 23.0 Å². The third kappa shape index (κ3) is 3.89. The smallest absolute Gasteiger partial charge is 0.238 e. The van der Waals surface area contributed by atoms with Gasteiger partial charge < -0.3 is 19.7 Å². The number of benzene rings is 4. The van der Waals surface area contributed by atoms with E-state index in [1.54, 1.807) is 56.7 Å². The fourth-order valence-corrected chi connectivity index (χ4v) is 7.63. The number of Topliss-reactive ketones (excluding diaryl/α,β-unsaturated/α-hetero) is 2. The molecule has 214 valence electrons. The van der Waals surface area contributed by atoms with Gasteiger partial charge in [0.2, 0.25) is 5.91 Å². The third-order valence-electron chi connectivity index (χ3n) is 8.93. The molecule has 1 spiro atoms. The maximum absolute atomic E-state index is 14.9. The molecule has 1 amide bonds. The van der Waals surface area contributed by atoms with Crippen molar-refractivity contribution in [2.45, 2.75) is 17.5 Å². The van der Waals surface area contributed by atoms with E-state index in [0.29, 0.717) is 38.3 Å². The van der Waals surface area contributed by atoms with Crippen LogP contribution in [0.3, 0.4) is 0 Å². The lowest BCUT2D eigenvalue weighted by Crippen LogP contribution is -2.49. The minimum atomic E-state index is -1.39. The number of para-hydroxylation sites is 1. The number of hydrogen-bond acceptors (Lipinski definition) is 6. The third-order valence-corrected chi connectivity index (χ3v) is 9.55. The molecule has 8 heteroatoms. The number of carbonyl (C=O) groups excluding carboxylic acids is 3. The van der Waals surface area contributed by atoms with Crippen LogP contribution in [0.15, 0.2) is 102 Å². The molecule has 4 atom stereocenters. The Morgan fingerprint density at radius 2 is 1.58 bits per heavy atom. The molecule has 43 heavy (non-hydrogen) atoms. The highest BCUT2D eigenvalue weighted by Crippen LogP contribution is 2.62. The molecule has 4 aromatic rings. The molecule has 3 aliphatic heterocycles. The lowest BCUT2D eigenvalue weighted by Gasteiger charge is -2.38. The topological polar surface area (TPSA) is 84.9 Å². The van der Waals surface area contributed by atoms with Crippen LogP contribution >= 0.6 is 15.9 Å². The van der Waals surface area contributed by atoms with E-state index in [2.05, 4.69) is 21.2 Å². The number of anilines is 1. The summed E-state index contributed by atoms with van der Waals surface area (Å²) in [6.45, 7) is 0. The summed E-state index contributed by atoms with van der Waals surface area (Å²) in [6.07, 6.45) is 3.81. The molecule has 4 aromatic carbocycles. The molecule has 1 N–H and O–H groups in total. The Bertz CT molecular complexity index is 1830. The molecule has 1 fully saturated rings. The van der Waals surface area contributed by atoms with Crippen LogP contribution in [-0.4, -0.2) is 42.6 Å². The van der Waals surface area contributed by atoms with Gasteiger partial charge >= 0.3 is 0 Å². The summed E-state index contributed by atoms with van der Waals surface area (Å²) in [7, 11) is 3.12. The predicted octanol–water partition coefficient (Wildman–Crippen LogP) is 6.45. The fraction of sp³-hybridized carbons (Fsp3) is 0.171. The first-order valence-corrected chi connectivity index (χ1v) is 14.7. The number of ketones is 2. The van der Waals surface area contributed by atoms with Crippen LogP contribution in [0.2, 0.25) is 0 Å². The average Bonchev–Trinajstić information content (AvgIpc) is 3.52. The number of rotatable bonds is 6. The van der Waals surface area contributed by atoms with Crippen LogP contribution in [0.4, 0.5) is 5.69 Å². The highest BCUT2D eigenvalue weighted by atomic mass is 79.9. The van der Waals surface area contributed by atoms with Crippen LogP contribution in [0.5, 0.6) is 11.5 Å². The second-order valence-corrected chi connectivity index (χ2v) is 11.7. The van der Waals surface area contributed by atoms with E-state index in [1.807, 2.05) is 65.7 Å². The quantitative estimate of drug-likeness (QED) is 0.246. The van der Waals surface area contributed by atoms with Crippen molar-refractivity contribution < 1.29 is 23.9 Å². The molecule has 7 rings (SSSR count). The lowest BCUT2D eigenvalue weighted by molar-refractivity contribution is -0.122. The average molecular weight is 636 g/mol. The highest BCUT2D eigenvalue weighted by Gasteiger charge is 2.70. The van der Waals surface area contributed by atoms with Crippen LogP contribution in [-0.2, 0) is 10.2 Å². The summed E-state index contributed by atoms with van der Waals surface area (Å²) < 4.78 is 11.3. The zero-order valence-corrected chi connectivity index (χ0v) is 25.0. The van der Waals surface area contributed by atoms with E-state index in [1.165, 1.54) is 0 Å². The second kappa shape index (κ2) is 10.2. The van der Waals surface area contributed by atoms with Crippen molar-refractivity contribution in [1.29, 1.82) is 0 Å². The molecule has 0 unspecified atom stereocenters. The first-order valence-electron chi connectivity index (χ1n) is 13.9. The zero-order valence-electron chi connectivity index (χ0n) is 23.4. The summed E-state index contributed by atoms with van der Waals surface area (Å²) in [5, 5.41) is 3.07. The van der Waals surface area contributed by atoms with E-state index >= 15 is 0 Å². The molecule has 0 saturated carbocycles. The zero-order chi connectivity index (χ0) is 29.9. The summed E-state index contributed by atoms with van der Waals surface area (Å²) in [5.41, 5.74) is 2.59. The van der Waals surface area contributed by atoms with Gasteiger partial charge in [0.25, 0.3) is 0 Å². The minimum absolute atomic E-state index is 0.265. The number of carbonyl (C=O) groups is 3. The largest absolute Gasteiger partial charge is 0.497 e. The van der Waals surface area contributed by atoms with Crippen molar-refractivity contribution in [1.82, 2.24) is 4.90 Å². The standard InChI is InChI=1S/C35H27BrN2O5/c1-42-23-14-11-21(12-15-23)31(39)29-30(32(40)22-13-16-28(43-2)26(36)19-22)38-18-17-20-7-3-4-8-24(20)33(38)35(29)25-9-5-6-10-27(25)37-34(35)41/h3-19,29-30,33H,1-2H3,(H,37,41)/t29-,30+,33+,35+/m0/s1. The van der Waals surface area contributed by atoms with Crippen LogP contribution in [0.25, 0.3) is 6.08 Å². The fourth-order valence-electron chi connectivity index (χ4n) is 7.09. The summed E-state index contributed by atoms with van der Waals surface area (Å²) in [4.78, 5) is 46.1. The molecule has 0 bridgehead atoms. The second-order valence-electron chi connectivity index (χ2n) is 10.9. The maximum atomic E-state index is 14.9. The van der Waals surface area contributed by atoms with E-state index in [0.717, 1.165) is 11.1 Å². The van der Waals surface area contributed by atoms with Gasteiger partial charge in [0.15, 0.2) is 11.6 Å². The van der Waals surface area contributed by atoms with Gasteiger partial charge in [-0.15, -0.1) is 0 Å². The summed E-state index contributed by atoms with van der Waals surface area (Å²) in [6, 6.07) is 25.7. The van der Waals surface area contributed by atoms with Crippen LogP contribution < -0.4 is 14.8 Å². The van der Waals surface area contributed by atoms with E-state index < -0.39 is 23.4 Å². The molecular formula is C35H27BrN2O5. The highest BCUT2D eigenvalue weighted by molar-refractivity contribution is 9.10. The Kier molecular flexibility index (Phi) is 6.47. The molecule has 1 saturated heterocycles. The van der Waals surface area contributed by atoms with Crippen molar-refractivity contribution in [2.75, 3.05) is 19.5 Å². The van der Waals surface area contributed by atoms with Gasteiger partial charge in [-0.1, -0.05) is 42.5 Å². The Hall–Kier alpha value is -4.69. The van der Waals surface area contributed by atoms with E-state index in [9.17, 15) is 14.4 Å². The van der Waals surface area contributed by atoms with Crippen molar-refractivity contribution in [2.24, 2.45) is 5.92 Å². The first kappa shape index (κ1) is 27.2. The predicted molar refractivity (Wildman–Crippen MR) is 166 cm³/mol. The molecule has 0 aromatic heterocycles. The van der Waals surface area contributed by atoms with Crippen LogP contribution in [0, 0.1) is 5.92 Å². The number of methoxy groups -OCH3 is 2. The molecular weight excluding hydrogens is 608 g/mol. The van der Waals surface area contributed by atoms with Gasteiger partial charge in [0.1, 0.15) is 23.0 Å². The monoisotopic (exact) mass is 634 g/mol. The van der Waals surface area contributed by atoms with Crippen molar-refractivity contribution >= 4 is 45.2 Å². The normalized spacial score (nSPS) is 22.9. The number of nitrogens with zero attached hydrogens (tertiary/aromatic N) is 1. The molecule has 0 radical (unpaired) electrons. The first-order chi connectivity index (χ1) is 20.9. The number of halogens is 1. The van der Waals surface area contributed by atoms with Crippen LogP contribution in [0.1, 0.15) is 43.4 Å². The SMILES string of the molecule is COc1ccc(C(=O)[C@@H]2[C@H](C(=O)c3ccc(OC)c(Br)c3)N3C=Cc4ccccc4[C@@H]3[C@]23C(=O)Nc2ccccc23)cc1. The molecule has 3 heterocycles. The number of fused-ring (bicyclic) bond motifs is 6. The Morgan fingerprint density at radius 3 is 2.33 bits per heavy atom. The summed E-state index contributed by atoms with van der Waals surface area (Å²) in [5.74, 6) is -0.727. The number of ether oxygens (including phenoxy) is 2. The minimum Gasteiger partial charge on any atom is -0.497 e. The van der Waals surface area contributed by atoms with Gasteiger partial charge in [0.05, 0.1) is 30.7 Å². The van der Waals surface area contributed by atoms with Gasteiger partial charge in [-0.2, -0.15) is 0 Å². The van der Waals surface area contributed by atoms with Crippen molar-refractivity contribution in [3.63, 3.8) is 0 Å². The number of amides is 1. The van der Waals surface area contributed by atoms with Gasteiger partial charge in [-0.05, 0) is 87.2 Å². The summed E-state index contributed by atoms with van der Waals surface area (Å²) >= 11 is 3.51. The van der Waals surface area contributed by atoms with E-state index in [4.69, 9.17) is 9.47 Å².